The monoisotopic (exact) mass is 280 g/mol. The van der Waals surface area contributed by atoms with Crippen LogP contribution in [0.3, 0.4) is 0 Å². The molecule has 0 aliphatic rings. The number of aromatic nitrogens is 2. The molecule has 3 heterocycles. The summed E-state index contributed by atoms with van der Waals surface area (Å²) in [5, 5.41) is 3.58. The van der Waals surface area contributed by atoms with E-state index in [1.165, 1.54) is 9.75 Å². The van der Waals surface area contributed by atoms with E-state index in [2.05, 4.69) is 28.3 Å². The molecule has 0 aliphatic heterocycles. The van der Waals surface area contributed by atoms with E-state index in [-0.39, 0.29) is 0 Å². The van der Waals surface area contributed by atoms with Gasteiger partial charge in [0.05, 0.1) is 0 Å². The molecule has 3 aromatic heterocycles. The van der Waals surface area contributed by atoms with Crippen molar-refractivity contribution in [3.8, 4) is 0 Å². The number of hydrogen-bond donors (Lipinski definition) is 0. The summed E-state index contributed by atoms with van der Waals surface area (Å²) >= 11 is 9.55. The Morgan fingerprint density at radius 1 is 1.35 bits per heavy atom. The van der Waals surface area contributed by atoms with Crippen LogP contribution in [0.5, 0.6) is 0 Å². The van der Waals surface area contributed by atoms with Crippen molar-refractivity contribution < 1.29 is 0 Å². The van der Waals surface area contributed by atoms with Crippen LogP contribution in [0.15, 0.2) is 23.6 Å². The number of aryl methyl sites for hydroxylation is 1. The lowest BCUT2D eigenvalue weighted by atomic mass is 10.3. The molecule has 3 rings (SSSR count). The average molecular weight is 281 g/mol. The molecule has 0 saturated carbocycles. The van der Waals surface area contributed by atoms with E-state index >= 15 is 0 Å². The highest BCUT2D eigenvalue weighted by atomic mass is 35.5. The van der Waals surface area contributed by atoms with Gasteiger partial charge in [-0.05, 0) is 24.4 Å². The standard InChI is InChI=1S/C12H9ClN2S2/c1-7-5-9-11(13)14-10(15-12(9)17-7)6-8-3-2-4-16-8/h2-5H,6H2,1H3. The normalized spacial score (nSPS) is 11.2. The predicted octanol–water partition coefficient (Wildman–Crippen LogP) is 4.31. The lowest BCUT2D eigenvalue weighted by molar-refractivity contribution is 1.01. The Labute approximate surface area is 112 Å². The fourth-order valence-corrected chi connectivity index (χ4v) is 3.59. The van der Waals surface area contributed by atoms with Crippen molar-refractivity contribution in [1.82, 2.24) is 9.97 Å². The molecule has 0 saturated heterocycles. The van der Waals surface area contributed by atoms with Gasteiger partial charge in [-0.3, -0.25) is 0 Å². The Morgan fingerprint density at radius 2 is 2.24 bits per heavy atom. The number of halogens is 1. The molecule has 0 aliphatic carbocycles. The fourth-order valence-electron chi connectivity index (χ4n) is 1.70. The van der Waals surface area contributed by atoms with Crippen molar-refractivity contribution in [2.75, 3.05) is 0 Å². The van der Waals surface area contributed by atoms with E-state index < -0.39 is 0 Å². The van der Waals surface area contributed by atoms with Gasteiger partial charge in [-0.2, -0.15) is 0 Å². The smallest absolute Gasteiger partial charge is 0.141 e. The molecule has 86 valence electrons. The summed E-state index contributed by atoms with van der Waals surface area (Å²) in [5.74, 6) is 0.798. The van der Waals surface area contributed by atoms with Gasteiger partial charge in [0, 0.05) is 21.6 Å². The number of thiophene rings is 2. The fraction of sp³-hybridized carbons (Fsp3) is 0.167. The van der Waals surface area contributed by atoms with Crippen molar-refractivity contribution in [2.45, 2.75) is 13.3 Å². The van der Waals surface area contributed by atoms with Crippen LogP contribution in [0.1, 0.15) is 15.6 Å². The van der Waals surface area contributed by atoms with Gasteiger partial charge in [0.15, 0.2) is 0 Å². The van der Waals surface area contributed by atoms with Crippen LogP contribution in [0.25, 0.3) is 10.2 Å². The maximum atomic E-state index is 6.17. The van der Waals surface area contributed by atoms with Gasteiger partial charge in [0.2, 0.25) is 0 Å². The van der Waals surface area contributed by atoms with Crippen molar-refractivity contribution in [3.63, 3.8) is 0 Å². The quantitative estimate of drug-likeness (QED) is 0.654. The average Bonchev–Trinajstić information content (AvgIpc) is 2.87. The zero-order valence-corrected chi connectivity index (χ0v) is 11.5. The number of rotatable bonds is 2. The van der Waals surface area contributed by atoms with Gasteiger partial charge in [-0.1, -0.05) is 17.7 Å². The maximum Gasteiger partial charge on any atom is 0.141 e. The zero-order chi connectivity index (χ0) is 11.8. The maximum absolute atomic E-state index is 6.17. The molecule has 0 amide bonds. The largest absolute Gasteiger partial charge is 0.222 e. The Balaban J connectivity index is 2.06. The molecule has 0 atom stereocenters. The van der Waals surface area contributed by atoms with E-state index in [1.54, 1.807) is 22.7 Å². The molecular formula is C12H9ClN2S2. The number of nitrogens with zero attached hydrogens (tertiary/aromatic N) is 2. The highest BCUT2D eigenvalue weighted by molar-refractivity contribution is 7.18. The van der Waals surface area contributed by atoms with E-state index in [1.807, 2.05) is 12.1 Å². The lowest BCUT2D eigenvalue weighted by Crippen LogP contribution is -1.95. The highest BCUT2D eigenvalue weighted by Crippen LogP contribution is 2.28. The molecule has 0 aromatic carbocycles. The summed E-state index contributed by atoms with van der Waals surface area (Å²) < 4.78 is 0. The van der Waals surface area contributed by atoms with E-state index in [9.17, 15) is 0 Å². The Morgan fingerprint density at radius 3 is 3.00 bits per heavy atom. The topological polar surface area (TPSA) is 25.8 Å². The van der Waals surface area contributed by atoms with Crippen molar-refractivity contribution >= 4 is 44.5 Å². The van der Waals surface area contributed by atoms with Crippen molar-refractivity contribution in [1.29, 1.82) is 0 Å². The van der Waals surface area contributed by atoms with Crippen LogP contribution in [0.4, 0.5) is 0 Å². The van der Waals surface area contributed by atoms with E-state index in [0.29, 0.717) is 5.15 Å². The molecule has 0 bridgehead atoms. The minimum Gasteiger partial charge on any atom is -0.222 e. The third-order valence-corrected chi connectivity index (χ3v) is 4.54. The van der Waals surface area contributed by atoms with E-state index in [4.69, 9.17) is 11.6 Å². The van der Waals surface area contributed by atoms with Gasteiger partial charge < -0.3 is 0 Å². The van der Waals surface area contributed by atoms with Crippen LogP contribution in [-0.2, 0) is 6.42 Å². The first-order valence-corrected chi connectivity index (χ1v) is 7.25. The Hall–Kier alpha value is -0.970. The van der Waals surface area contributed by atoms with Crippen molar-refractivity contribution in [3.05, 3.63) is 44.3 Å². The lowest BCUT2D eigenvalue weighted by Gasteiger charge is -1.99. The second kappa shape index (κ2) is 4.37. The molecule has 0 spiro atoms. The molecule has 0 N–H and O–H groups in total. The second-order valence-corrected chi connectivity index (χ2v) is 6.39. The number of fused-ring (bicyclic) bond motifs is 1. The van der Waals surface area contributed by atoms with Gasteiger partial charge in [-0.15, -0.1) is 22.7 Å². The predicted molar refractivity (Wildman–Crippen MR) is 74.3 cm³/mol. The number of hydrogen-bond acceptors (Lipinski definition) is 4. The molecule has 2 nitrogen and oxygen atoms in total. The molecule has 17 heavy (non-hydrogen) atoms. The van der Waals surface area contributed by atoms with Gasteiger partial charge in [0.1, 0.15) is 15.8 Å². The zero-order valence-electron chi connectivity index (χ0n) is 9.11. The molecule has 0 fully saturated rings. The molecular weight excluding hydrogens is 272 g/mol. The van der Waals surface area contributed by atoms with Crippen LogP contribution in [-0.4, -0.2) is 9.97 Å². The summed E-state index contributed by atoms with van der Waals surface area (Å²) in [6.07, 6.45) is 0.754. The van der Waals surface area contributed by atoms with Crippen LogP contribution < -0.4 is 0 Å². The third-order valence-electron chi connectivity index (χ3n) is 2.43. The highest BCUT2D eigenvalue weighted by Gasteiger charge is 2.09. The first-order chi connectivity index (χ1) is 8.22. The van der Waals surface area contributed by atoms with Gasteiger partial charge >= 0.3 is 0 Å². The second-order valence-electron chi connectivity index (χ2n) is 3.76. The molecule has 5 heteroatoms. The summed E-state index contributed by atoms with van der Waals surface area (Å²) in [6, 6.07) is 6.17. The molecule has 3 aromatic rings. The minimum atomic E-state index is 0.561. The third kappa shape index (κ3) is 2.20. The molecule has 0 unspecified atom stereocenters. The minimum absolute atomic E-state index is 0.561. The SMILES string of the molecule is Cc1cc2c(Cl)nc(Cc3cccs3)nc2s1. The first kappa shape index (κ1) is 11.1. The van der Waals surface area contributed by atoms with Crippen LogP contribution in [0.2, 0.25) is 5.15 Å². The molecule has 0 radical (unpaired) electrons. The summed E-state index contributed by atoms with van der Waals surface area (Å²) in [6.45, 7) is 2.06. The van der Waals surface area contributed by atoms with Gasteiger partial charge in [-0.25, -0.2) is 9.97 Å². The first-order valence-electron chi connectivity index (χ1n) is 5.17. The van der Waals surface area contributed by atoms with Gasteiger partial charge in [0.25, 0.3) is 0 Å². The summed E-state index contributed by atoms with van der Waals surface area (Å²) in [4.78, 5) is 12.4. The summed E-state index contributed by atoms with van der Waals surface area (Å²) in [5.41, 5.74) is 0. The Kier molecular flexibility index (Phi) is 2.86. The van der Waals surface area contributed by atoms with Crippen molar-refractivity contribution in [2.24, 2.45) is 0 Å². The van der Waals surface area contributed by atoms with Crippen LogP contribution >= 0.6 is 34.3 Å². The van der Waals surface area contributed by atoms with Crippen LogP contribution in [0, 0.1) is 6.92 Å². The summed E-state index contributed by atoms with van der Waals surface area (Å²) in [7, 11) is 0. The Bertz CT molecular complexity index is 659. The van der Waals surface area contributed by atoms with E-state index in [0.717, 1.165) is 22.5 Å².